The Morgan fingerprint density at radius 2 is 1.76 bits per heavy atom. The highest BCUT2D eigenvalue weighted by Gasteiger charge is 2.58. The molecule has 1 aromatic rings. The Balaban J connectivity index is 1.48. The molecule has 0 aliphatic heterocycles. The number of ether oxygens (including phenoxy) is 1. The van der Waals surface area contributed by atoms with Crippen molar-refractivity contribution in [2.24, 2.45) is 17.3 Å². The van der Waals surface area contributed by atoms with Crippen LogP contribution in [0.25, 0.3) is 0 Å². The summed E-state index contributed by atoms with van der Waals surface area (Å²) in [5.74, 6) is -1.06. The Hall–Kier alpha value is -1.54. The molecule has 4 bridgehead atoms. The summed E-state index contributed by atoms with van der Waals surface area (Å²) in [5, 5.41) is -4.93. The first-order chi connectivity index (χ1) is 13.4. The minimum atomic E-state index is -5.83. The Morgan fingerprint density at radius 3 is 2.31 bits per heavy atom. The highest BCUT2D eigenvalue weighted by atomic mass is 32.2. The van der Waals surface area contributed by atoms with Crippen molar-refractivity contribution in [1.29, 1.82) is 0 Å². The second kappa shape index (κ2) is 6.74. The summed E-state index contributed by atoms with van der Waals surface area (Å²) in [7, 11) is -5.83. The van der Waals surface area contributed by atoms with E-state index in [1.807, 2.05) is 0 Å². The van der Waals surface area contributed by atoms with Crippen molar-refractivity contribution in [2.45, 2.75) is 62.5 Å². The molecule has 0 heterocycles. The number of esters is 1. The van der Waals surface area contributed by atoms with Gasteiger partial charge in [0, 0.05) is 0 Å². The molecule has 1 N–H and O–H groups in total. The molecule has 4 fully saturated rings. The standard InChI is InChI=1S/C21H26F2O5S/c1-14-2-4-17(5-3-14)20-11-15-8-16(12-20)10-19(9-15,13-20)6-7-28-18(24)21(22,23)29(25,26)27/h2-5,15-16H,6-13H2,1H3,(H,25,26,27). The smallest absolute Gasteiger partial charge is 0.460 e. The Bertz CT molecular complexity index is 896. The maximum absolute atomic E-state index is 13.4. The molecule has 160 valence electrons. The number of rotatable bonds is 6. The van der Waals surface area contributed by atoms with Crippen LogP contribution in [0.2, 0.25) is 0 Å². The molecule has 0 radical (unpaired) electrons. The Morgan fingerprint density at radius 1 is 1.17 bits per heavy atom. The lowest BCUT2D eigenvalue weighted by Crippen LogP contribution is -2.54. The monoisotopic (exact) mass is 428 g/mol. The molecule has 2 unspecified atom stereocenters. The first-order valence-electron chi connectivity index (χ1n) is 10.0. The second-order valence-electron chi connectivity index (χ2n) is 9.49. The summed E-state index contributed by atoms with van der Waals surface area (Å²) in [6.07, 6.45) is 6.80. The Labute approximate surface area is 169 Å². The number of aryl methyl sites for hydroxylation is 1. The number of benzene rings is 1. The third-order valence-corrected chi connectivity index (χ3v) is 8.09. The zero-order chi connectivity index (χ0) is 21.1. The van der Waals surface area contributed by atoms with E-state index in [9.17, 15) is 22.0 Å². The van der Waals surface area contributed by atoms with Crippen LogP contribution in [0.15, 0.2) is 24.3 Å². The molecule has 0 saturated heterocycles. The van der Waals surface area contributed by atoms with Crippen LogP contribution in [0, 0.1) is 24.2 Å². The van der Waals surface area contributed by atoms with Crippen molar-refractivity contribution in [2.75, 3.05) is 6.61 Å². The van der Waals surface area contributed by atoms with E-state index in [1.54, 1.807) is 0 Å². The first kappa shape index (κ1) is 20.7. The third-order valence-electron chi connectivity index (χ3n) is 7.27. The third kappa shape index (κ3) is 3.58. The summed E-state index contributed by atoms with van der Waals surface area (Å²) in [6.45, 7) is 1.79. The predicted molar refractivity (Wildman–Crippen MR) is 102 cm³/mol. The number of hydrogen-bond donors (Lipinski definition) is 1. The lowest BCUT2D eigenvalue weighted by Gasteiger charge is -2.62. The molecule has 1 aromatic carbocycles. The van der Waals surface area contributed by atoms with E-state index in [0.29, 0.717) is 18.3 Å². The fourth-order valence-electron chi connectivity index (χ4n) is 6.54. The van der Waals surface area contributed by atoms with Crippen molar-refractivity contribution < 1.29 is 31.3 Å². The van der Waals surface area contributed by atoms with Gasteiger partial charge in [-0.1, -0.05) is 29.8 Å². The van der Waals surface area contributed by atoms with Gasteiger partial charge in [0.05, 0.1) is 6.61 Å². The van der Waals surface area contributed by atoms with E-state index >= 15 is 0 Å². The minimum Gasteiger partial charge on any atom is -0.460 e. The molecule has 0 spiro atoms. The topological polar surface area (TPSA) is 80.7 Å². The zero-order valence-electron chi connectivity index (χ0n) is 16.4. The molecule has 2 atom stereocenters. The van der Waals surface area contributed by atoms with Crippen molar-refractivity contribution in [3.8, 4) is 0 Å². The fourth-order valence-corrected chi connectivity index (χ4v) is 6.81. The Kier molecular flexibility index (Phi) is 4.81. The van der Waals surface area contributed by atoms with Crippen LogP contribution >= 0.6 is 0 Å². The van der Waals surface area contributed by atoms with Crippen molar-refractivity contribution in [3.63, 3.8) is 0 Å². The molecule has 0 amide bonds. The van der Waals surface area contributed by atoms with Crippen LogP contribution in [0.1, 0.15) is 56.1 Å². The van der Waals surface area contributed by atoms with E-state index < -0.39 is 21.3 Å². The molecule has 4 saturated carbocycles. The molecule has 5 rings (SSSR count). The molecular weight excluding hydrogens is 402 g/mol. The zero-order valence-corrected chi connectivity index (χ0v) is 17.2. The van der Waals surface area contributed by atoms with Crippen LogP contribution in [-0.4, -0.2) is 30.8 Å². The van der Waals surface area contributed by atoms with Crippen LogP contribution in [0.5, 0.6) is 0 Å². The SMILES string of the molecule is Cc1ccc(C23CC4CC(CC(CCOC(=O)C(F)(F)S(=O)(=O)O)(C4)C2)C3)cc1. The second-order valence-corrected chi connectivity index (χ2v) is 10.9. The quantitative estimate of drug-likeness (QED) is 0.541. The van der Waals surface area contributed by atoms with Gasteiger partial charge in [-0.15, -0.1) is 0 Å². The molecular formula is C21H26F2O5S. The molecule has 4 aliphatic rings. The fraction of sp³-hybridized carbons (Fsp3) is 0.667. The average Bonchev–Trinajstić information content (AvgIpc) is 2.59. The van der Waals surface area contributed by atoms with Gasteiger partial charge in [-0.25, -0.2) is 4.79 Å². The highest BCUT2D eigenvalue weighted by molar-refractivity contribution is 7.87. The predicted octanol–water partition coefficient (Wildman–Crippen LogP) is 4.25. The number of halogens is 2. The minimum absolute atomic E-state index is 0.0807. The lowest BCUT2D eigenvalue weighted by atomic mass is 9.42. The highest BCUT2D eigenvalue weighted by Crippen LogP contribution is 2.66. The summed E-state index contributed by atoms with van der Waals surface area (Å²) < 4.78 is 61.4. The van der Waals surface area contributed by atoms with Crippen molar-refractivity contribution in [1.82, 2.24) is 0 Å². The maximum atomic E-state index is 13.4. The largest absolute Gasteiger partial charge is 0.465 e. The van der Waals surface area contributed by atoms with Gasteiger partial charge in [0.25, 0.3) is 0 Å². The van der Waals surface area contributed by atoms with E-state index in [2.05, 4.69) is 35.9 Å². The van der Waals surface area contributed by atoms with Crippen molar-refractivity contribution >= 4 is 16.1 Å². The molecule has 29 heavy (non-hydrogen) atoms. The van der Waals surface area contributed by atoms with Crippen LogP contribution < -0.4 is 0 Å². The van der Waals surface area contributed by atoms with Gasteiger partial charge in [-0.2, -0.15) is 17.2 Å². The molecule has 4 aliphatic carbocycles. The molecule has 0 aromatic heterocycles. The van der Waals surface area contributed by atoms with Crippen molar-refractivity contribution in [3.05, 3.63) is 35.4 Å². The van der Waals surface area contributed by atoms with Crippen LogP contribution in [-0.2, 0) is 25.1 Å². The van der Waals surface area contributed by atoms with E-state index in [4.69, 9.17) is 4.55 Å². The number of alkyl halides is 2. The van der Waals surface area contributed by atoms with Gasteiger partial charge in [0.2, 0.25) is 0 Å². The summed E-state index contributed by atoms with van der Waals surface area (Å²) in [4.78, 5) is 11.5. The van der Waals surface area contributed by atoms with Gasteiger partial charge in [0.1, 0.15) is 0 Å². The number of carbonyl (C=O) groups is 1. The summed E-state index contributed by atoms with van der Waals surface area (Å²) in [5.41, 5.74) is 2.54. The van der Waals surface area contributed by atoms with Crippen LogP contribution in [0.4, 0.5) is 8.78 Å². The van der Waals surface area contributed by atoms with E-state index in [0.717, 1.165) is 32.1 Å². The molecule has 8 heteroatoms. The summed E-state index contributed by atoms with van der Waals surface area (Å²) >= 11 is 0. The number of hydrogen-bond acceptors (Lipinski definition) is 4. The average molecular weight is 428 g/mol. The maximum Gasteiger partial charge on any atom is 0.465 e. The molecule has 5 nitrogen and oxygen atoms in total. The van der Waals surface area contributed by atoms with Gasteiger partial charge < -0.3 is 4.74 Å². The van der Waals surface area contributed by atoms with E-state index in [1.165, 1.54) is 17.5 Å². The lowest BCUT2D eigenvalue weighted by molar-refractivity contribution is -0.164. The van der Waals surface area contributed by atoms with Gasteiger partial charge in [-0.05, 0) is 80.1 Å². The van der Waals surface area contributed by atoms with Gasteiger partial charge >= 0.3 is 21.3 Å². The van der Waals surface area contributed by atoms with Gasteiger partial charge in [0.15, 0.2) is 0 Å². The normalized spacial score (nSPS) is 33.7. The van der Waals surface area contributed by atoms with E-state index in [-0.39, 0.29) is 17.4 Å². The first-order valence-corrected chi connectivity index (χ1v) is 11.5. The number of carbonyl (C=O) groups excluding carboxylic acids is 1. The summed E-state index contributed by atoms with van der Waals surface area (Å²) in [6, 6.07) is 8.64. The van der Waals surface area contributed by atoms with Gasteiger partial charge in [-0.3, -0.25) is 4.55 Å². The van der Waals surface area contributed by atoms with Crippen LogP contribution in [0.3, 0.4) is 0 Å².